The third-order valence-electron chi connectivity index (χ3n) is 2.63. The second-order valence-corrected chi connectivity index (χ2v) is 4.96. The molecule has 0 radical (unpaired) electrons. The van der Waals surface area contributed by atoms with Gasteiger partial charge in [-0.05, 0) is 24.1 Å². The SMILES string of the molecule is CC(C)C(C#N)C(=O)Nc1ccc(Cl)cc1C(F)(F)F. The van der Waals surface area contributed by atoms with Crippen LogP contribution < -0.4 is 5.32 Å². The number of nitrogens with one attached hydrogen (secondary N) is 1. The van der Waals surface area contributed by atoms with Crippen LogP contribution in [0.2, 0.25) is 5.02 Å². The third-order valence-corrected chi connectivity index (χ3v) is 2.87. The van der Waals surface area contributed by atoms with Crippen LogP contribution in [0.5, 0.6) is 0 Å². The largest absolute Gasteiger partial charge is 0.418 e. The smallest absolute Gasteiger partial charge is 0.324 e. The molecular formula is C13H12ClF3N2O. The number of nitriles is 1. The first-order valence-corrected chi connectivity index (χ1v) is 6.12. The number of benzene rings is 1. The molecule has 0 saturated heterocycles. The molecule has 0 fully saturated rings. The number of alkyl halides is 3. The molecule has 0 heterocycles. The Morgan fingerprint density at radius 2 is 2.00 bits per heavy atom. The van der Waals surface area contributed by atoms with E-state index in [-0.39, 0.29) is 10.9 Å². The predicted molar refractivity (Wildman–Crippen MR) is 69.0 cm³/mol. The number of hydrogen-bond acceptors (Lipinski definition) is 2. The highest BCUT2D eigenvalue weighted by Gasteiger charge is 2.35. The first kappa shape index (κ1) is 16.3. The summed E-state index contributed by atoms with van der Waals surface area (Å²) in [5, 5.41) is 10.9. The van der Waals surface area contributed by atoms with Crippen molar-refractivity contribution in [1.82, 2.24) is 0 Å². The molecule has 0 aliphatic rings. The minimum Gasteiger partial charge on any atom is -0.324 e. The van der Waals surface area contributed by atoms with Gasteiger partial charge in [0, 0.05) is 5.02 Å². The van der Waals surface area contributed by atoms with Crippen LogP contribution in [0.1, 0.15) is 19.4 Å². The fourth-order valence-electron chi connectivity index (χ4n) is 1.58. The van der Waals surface area contributed by atoms with E-state index in [0.717, 1.165) is 12.1 Å². The minimum absolute atomic E-state index is 0.0870. The Kier molecular flexibility index (Phi) is 5.01. The van der Waals surface area contributed by atoms with Gasteiger partial charge in [0.1, 0.15) is 5.92 Å². The zero-order chi connectivity index (χ0) is 15.5. The summed E-state index contributed by atoms with van der Waals surface area (Å²) in [5.74, 6) is -2.09. The number of rotatable bonds is 3. The van der Waals surface area contributed by atoms with Crippen molar-refractivity contribution in [1.29, 1.82) is 5.26 Å². The van der Waals surface area contributed by atoms with Gasteiger partial charge in [-0.25, -0.2) is 0 Å². The van der Waals surface area contributed by atoms with E-state index < -0.39 is 29.3 Å². The van der Waals surface area contributed by atoms with E-state index in [2.05, 4.69) is 5.32 Å². The first-order valence-electron chi connectivity index (χ1n) is 5.74. The lowest BCUT2D eigenvalue weighted by atomic mass is 9.96. The van der Waals surface area contributed by atoms with Crippen LogP contribution in [0.25, 0.3) is 0 Å². The van der Waals surface area contributed by atoms with Crippen molar-refractivity contribution in [3.63, 3.8) is 0 Å². The van der Waals surface area contributed by atoms with Crippen LogP contribution in [-0.4, -0.2) is 5.91 Å². The normalized spacial score (nSPS) is 12.9. The standard InChI is InChI=1S/C13H12ClF3N2O/c1-7(2)9(6-18)12(20)19-11-4-3-8(14)5-10(11)13(15,16)17/h3-5,7,9H,1-2H3,(H,19,20). The van der Waals surface area contributed by atoms with Crippen LogP contribution in [-0.2, 0) is 11.0 Å². The van der Waals surface area contributed by atoms with Crippen LogP contribution in [0.4, 0.5) is 18.9 Å². The Bertz CT molecular complexity index is 550. The molecule has 1 aromatic rings. The highest BCUT2D eigenvalue weighted by atomic mass is 35.5. The lowest BCUT2D eigenvalue weighted by Gasteiger charge is -2.17. The van der Waals surface area contributed by atoms with Crippen molar-refractivity contribution in [3.8, 4) is 6.07 Å². The molecule has 1 aromatic carbocycles. The zero-order valence-electron chi connectivity index (χ0n) is 10.8. The van der Waals surface area contributed by atoms with E-state index in [1.165, 1.54) is 6.07 Å². The van der Waals surface area contributed by atoms with Gasteiger partial charge >= 0.3 is 6.18 Å². The van der Waals surface area contributed by atoms with Crippen molar-refractivity contribution in [2.45, 2.75) is 20.0 Å². The van der Waals surface area contributed by atoms with Gasteiger partial charge in [0.05, 0.1) is 17.3 Å². The van der Waals surface area contributed by atoms with Crippen molar-refractivity contribution in [3.05, 3.63) is 28.8 Å². The number of halogens is 4. The van der Waals surface area contributed by atoms with Crippen molar-refractivity contribution in [2.24, 2.45) is 11.8 Å². The van der Waals surface area contributed by atoms with E-state index in [4.69, 9.17) is 16.9 Å². The Morgan fingerprint density at radius 1 is 1.40 bits per heavy atom. The van der Waals surface area contributed by atoms with Gasteiger partial charge < -0.3 is 5.32 Å². The van der Waals surface area contributed by atoms with Crippen LogP contribution >= 0.6 is 11.6 Å². The van der Waals surface area contributed by atoms with Crippen molar-refractivity contribution < 1.29 is 18.0 Å². The maximum atomic E-state index is 12.8. The quantitative estimate of drug-likeness (QED) is 0.914. The summed E-state index contributed by atoms with van der Waals surface area (Å²) in [7, 11) is 0. The highest BCUT2D eigenvalue weighted by Crippen LogP contribution is 2.36. The fourth-order valence-corrected chi connectivity index (χ4v) is 1.75. The summed E-state index contributed by atoms with van der Waals surface area (Å²) in [6.07, 6.45) is -4.65. The van der Waals surface area contributed by atoms with Gasteiger partial charge in [-0.3, -0.25) is 4.79 Å². The molecule has 0 spiro atoms. The molecular weight excluding hydrogens is 293 g/mol. The van der Waals surface area contributed by atoms with E-state index in [1.807, 2.05) is 0 Å². The second kappa shape index (κ2) is 6.14. The Morgan fingerprint density at radius 3 is 2.45 bits per heavy atom. The molecule has 0 saturated carbocycles. The molecule has 1 N–H and O–H groups in total. The summed E-state index contributed by atoms with van der Waals surface area (Å²) in [6, 6.07) is 4.81. The molecule has 0 bridgehead atoms. The summed E-state index contributed by atoms with van der Waals surface area (Å²) in [6.45, 7) is 3.28. The number of nitrogens with zero attached hydrogens (tertiary/aromatic N) is 1. The van der Waals surface area contributed by atoms with Crippen LogP contribution in [0.15, 0.2) is 18.2 Å². The Labute approximate surface area is 119 Å². The average molecular weight is 305 g/mol. The molecule has 1 atom stereocenters. The van der Waals surface area contributed by atoms with E-state index in [1.54, 1.807) is 19.9 Å². The predicted octanol–water partition coefficient (Wildman–Crippen LogP) is 4.09. The van der Waals surface area contributed by atoms with E-state index >= 15 is 0 Å². The topological polar surface area (TPSA) is 52.9 Å². The van der Waals surface area contributed by atoms with Gasteiger partial charge in [0.2, 0.25) is 5.91 Å². The summed E-state index contributed by atoms with van der Waals surface area (Å²) >= 11 is 5.53. The molecule has 20 heavy (non-hydrogen) atoms. The molecule has 7 heteroatoms. The monoisotopic (exact) mass is 304 g/mol. The molecule has 3 nitrogen and oxygen atoms in total. The maximum Gasteiger partial charge on any atom is 0.418 e. The number of carbonyl (C=O) groups excluding carboxylic acids is 1. The van der Waals surface area contributed by atoms with Gasteiger partial charge in [-0.2, -0.15) is 18.4 Å². The fraction of sp³-hybridized carbons (Fsp3) is 0.385. The van der Waals surface area contributed by atoms with Gasteiger partial charge in [0.15, 0.2) is 0 Å². The molecule has 1 amide bonds. The van der Waals surface area contributed by atoms with Gasteiger partial charge in [0.25, 0.3) is 0 Å². The van der Waals surface area contributed by atoms with Crippen LogP contribution in [0, 0.1) is 23.2 Å². The lowest BCUT2D eigenvalue weighted by molar-refractivity contribution is -0.137. The summed E-state index contributed by atoms with van der Waals surface area (Å²) in [5.41, 5.74) is -1.45. The van der Waals surface area contributed by atoms with Gasteiger partial charge in [-0.1, -0.05) is 25.4 Å². The van der Waals surface area contributed by atoms with Crippen molar-refractivity contribution in [2.75, 3.05) is 5.32 Å². The highest BCUT2D eigenvalue weighted by molar-refractivity contribution is 6.30. The third kappa shape index (κ3) is 3.87. The van der Waals surface area contributed by atoms with E-state index in [0.29, 0.717) is 0 Å². The average Bonchev–Trinajstić information content (AvgIpc) is 2.30. The Balaban J connectivity index is 3.11. The molecule has 108 valence electrons. The molecule has 0 aliphatic heterocycles. The number of carbonyl (C=O) groups is 1. The van der Waals surface area contributed by atoms with Crippen LogP contribution in [0.3, 0.4) is 0 Å². The maximum absolute atomic E-state index is 12.8. The molecule has 1 unspecified atom stereocenters. The summed E-state index contributed by atoms with van der Waals surface area (Å²) in [4.78, 5) is 11.8. The van der Waals surface area contributed by atoms with Gasteiger partial charge in [-0.15, -0.1) is 0 Å². The second-order valence-electron chi connectivity index (χ2n) is 4.53. The molecule has 0 aliphatic carbocycles. The number of amides is 1. The lowest BCUT2D eigenvalue weighted by Crippen LogP contribution is -2.26. The molecule has 0 aromatic heterocycles. The minimum atomic E-state index is -4.65. The molecule has 1 rings (SSSR count). The van der Waals surface area contributed by atoms with E-state index in [9.17, 15) is 18.0 Å². The number of anilines is 1. The first-order chi connectivity index (χ1) is 9.16. The summed E-state index contributed by atoms with van der Waals surface area (Å²) < 4.78 is 38.5. The van der Waals surface area contributed by atoms with Crippen molar-refractivity contribution >= 4 is 23.2 Å². The Hall–Kier alpha value is -1.74. The zero-order valence-corrected chi connectivity index (χ0v) is 11.5. The number of hydrogen-bond donors (Lipinski definition) is 1.